The van der Waals surface area contributed by atoms with Crippen molar-refractivity contribution in [2.24, 2.45) is 0 Å². The van der Waals surface area contributed by atoms with Gasteiger partial charge in [-0.3, -0.25) is 9.97 Å². The van der Waals surface area contributed by atoms with Crippen molar-refractivity contribution < 1.29 is 0 Å². The molecular formula is C12H21N3. The van der Waals surface area contributed by atoms with Crippen molar-refractivity contribution in [1.82, 2.24) is 15.3 Å². The minimum absolute atomic E-state index is 0.618. The SMILES string of the molecule is CCCNC(CC)CCc1cnccn1. The van der Waals surface area contributed by atoms with Gasteiger partial charge in [0.25, 0.3) is 0 Å². The van der Waals surface area contributed by atoms with Crippen LogP contribution >= 0.6 is 0 Å². The number of nitrogens with one attached hydrogen (secondary N) is 1. The van der Waals surface area contributed by atoms with Crippen LogP contribution in [0.2, 0.25) is 0 Å². The van der Waals surface area contributed by atoms with E-state index in [0.717, 1.165) is 25.1 Å². The van der Waals surface area contributed by atoms with Gasteiger partial charge in [0.1, 0.15) is 0 Å². The first-order valence-electron chi connectivity index (χ1n) is 5.85. The second-order valence-electron chi connectivity index (χ2n) is 3.79. The summed E-state index contributed by atoms with van der Waals surface area (Å²) in [6, 6.07) is 0.618. The van der Waals surface area contributed by atoms with Crippen molar-refractivity contribution in [2.75, 3.05) is 6.54 Å². The zero-order valence-electron chi connectivity index (χ0n) is 9.74. The Morgan fingerprint density at radius 2 is 2.20 bits per heavy atom. The Hall–Kier alpha value is -0.960. The highest BCUT2D eigenvalue weighted by molar-refractivity contribution is 4.95. The largest absolute Gasteiger partial charge is 0.314 e. The van der Waals surface area contributed by atoms with Crippen LogP contribution in [0.5, 0.6) is 0 Å². The summed E-state index contributed by atoms with van der Waals surface area (Å²) < 4.78 is 0. The predicted octanol–water partition coefficient (Wildman–Crippen LogP) is 2.19. The van der Waals surface area contributed by atoms with Crippen LogP contribution in [0.3, 0.4) is 0 Å². The van der Waals surface area contributed by atoms with Gasteiger partial charge in [-0.25, -0.2) is 0 Å². The van der Waals surface area contributed by atoms with Gasteiger partial charge in [-0.2, -0.15) is 0 Å². The number of rotatable bonds is 7. The molecule has 84 valence electrons. The Morgan fingerprint density at radius 1 is 1.33 bits per heavy atom. The van der Waals surface area contributed by atoms with Gasteiger partial charge in [-0.05, 0) is 32.2 Å². The van der Waals surface area contributed by atoms with E-state index < -0.39 is 0 Å². The van der Waals surface area contributed by atoms with Crippen LogP contribution in [0, 0.1) is 0 Å². The van der Waals surface area contributed by atoms with E-state index >= 15 is 0 Å². The van der Waals surface area contributed by atoms with E-state index in [1.807, 2.05) is 6.20 Å². The van der Waals surface area contributed by atoms with E-state index in [1.54, 1.807) is 12.4 Å². The molecular weight excluding hydrogens is 186 g/mol. The Bertz CT molecular complexity index is 248. The Morgan fingerprint density at radius 3 is 2.80 bits per heavy atom. The Balaban J connectivity index is 2.28. The molecule has 0 amide bonds. The van der Waals surface area contributed by atoms with E-state index in [4.69, 9.17) is 0 Å². The Kier molecular flexibility index (Phi) is 5.93. The predicted molar refractivity (Wildman–Crippen MR) is 62.7 cm³/mol. The van der Waals surface area contributed by atoms with Gasteiger partial charge in [-0.15, -0.1) is 0 Å². The summed E-state index contributed by atoms with van der Waals surface area (Å²) in [5, 5.41) is 3.54. The molecule has 1 aromatic rings. The first kappa shape index (κ1) is 12.1. The molecule has 1 N–H and O–H groups in total. The first-order valence-corrected chi connectivity index (χ1v) is 5.85. The maximum absolute atomic E-state index is 4.27. The third kappa shape index (κ3) is 4.88. The van der Waals surface area contributed by atoms with Gasteiger partial charge in [-0.1, -0.05) is 13.8 Å². The van der Waals surface area contributed by atoms with Gasteiger partial charge < -0.3 is 5.32 Å². The molecule has 1 heterocycles. The smallest absolute Gasteiger partial charge is 0.0587 e. The van der Waals surface area contributed by atoms with Gasteiger partial charge >= 0.3 is 0 Å². The van der Waals surface area contributed by atoms with E-state index in [0.29, 0.717) is 6.04 Å². The van der Waals surface area contributed by atoms with E-state index in [9.17, 15) is 0 Å². The molecule has 0 aliphatic rings. The molecule has 1 aromatic heterocycles. The topological polar surface area (TPSA) is 37.8 Å². The molecule has 15 heavy (non-hydrogen) atoms. The standard InChI is InChI=1S/C12H21N3/c1-3-7-14-11(4-2)5-6-12-10-13-8-9-15-12/h8-11,14H,3-7H2,1-2H3. The van der Waals surface area contributed by atoms with E-state index in [1.165, 1.54) is 12.8 Å². The monoisotopic (exact) mass is 207 g/mol. The third-order valence-corrected chi connectivity index (χ3v) is 2.54. The molecule has 1 atom stereocenters. The zero-order chi connectivity index (χ0) is 10.9. The second-order valence-corrected chi connectivity index (χ2v) is 3.79. The van der Waals surface area contributed by atoms with Crippen molar-refractivity contribution in [1.29, 1.82) is 0 Å². The van der Waals surface area contributed by atoms with Gasteiger partial charge in [0.05, 0.1) is 5.69 Å². The molecule has 0 aromatic carbocycles. The molecule has 3 nitrogen and oxygen atoms in total. The summed E-state index contributed by atoms with van der Waals surface area (Å²) in [5.41, 5.74) is 1.09. The van der Waals surface area contributed by atoms with E-state index in [-0.39, 0.29) is 0 Å². The average molecular weight is 207 g/mol. The molecule has 0 fully saturated rings. The second kappa shape index (κ2) is 7.35. The van der Waals surface area contributed by atoms with Gasteiger partial charge in [0.2, 0.25) is 0 Å². The summed E-state index contributed by atoms with van der Waals surface area (Å²) in [6.45, 7) is 5.53. The summed E-state index contributed by atoms with van der Waals surface area (Å²) in [4.78, 5) is 8.34. The molecule has 0 spiro atoms. The molecule has 0 saturated carbocycles. The van der Waals surface area contributed by atoms with Gasteiger partial charge in [0, 0.05) is 24.6 Å². The molecule has 1 rings (SSSR count). The molecule has 0 bridgehead atoms. The first-order chi connectivity index (χ1) is 7.36. The maximum Gasteiger partial charge on any atom is 0.0587 e. The summed E-state index contributed by atoms with van der Waals surface area (Å²) in [5.74, 6) is 0. The number of nitrogens with zero attached hydrogens (tertiary/aromatic N) is 2. The fourth-order valence-electron chi connectivity index (χ4n) is 1.58. The number of aromatic nitrogens is 2. The maximum atomic E-state index is 4.27. The van der Waals surface area contributed by atoms with Gasteiger partial charge in [0.15, 0.2) is 0 Å². The number of aryl methyl sites for hydroxylation is 1. The molecule has 0 aliphatic carbocycles. The lowest BCUT2D eigenvalue weighted by molar-refractivity contribution is 0.466. The molecule has 0 radical (unpaired) electrons. The highest BCUT2D eigenvalue weighted by atomic mass is 14.9. The van der Waals surface area contributed by atoms with Crippen molar-refractivity contribution in [3.63, 3.8) is 0 Å². The normalized spacial score (nSPS) is 12.7. The lowest BCUT2D eigenvalue weighted by atomic mass is 10.1. The van der Waals surface area contributed by atoms with Crippen molar-refractivity contribution >= 4 is 0 Å². The third-order valence-electron chi connectivity index (χ3n) is 2.54. The fraction of sp³-hybridized carbons (Fsp3) is 0.667. The molecule has 0 saturated heterocycles. The number of hydrogen-bond donors (Lipinski definition) is 1. The van der Waals surface area contributed by atoms with Crippen LogP contribution in [0.1, 0.15) is 38.8 Å². The van der Waals surface area contributed by atoms with Crippen LogP contribution in [-0.4, -0.2) is 22.6 Å². The molecule has 1 unspecified atom stereocenters. The van der Waals surface area contributed by atoms with Crippen LogP contribution < -0.4 is 5.32 Å². The molecule has 3 heteroatoms. The minimum atomic E-state index is 0.618. The van der Waals surface area contributed by atoms with Crippen LogP contribution in [0.25, 0.3) is 0 Å². The quantitative estimate of drug-likeness (QED) is 0.744. The van der Waals surface area contributed by atoms with Crippen molar-refractivity contribution in [3.8, 4) is 0 Å². The lowest BCUT2D eigenvalue weighted by Crippen LogP contribution is -2.29. The van der Waals surface area contributed by atoms with Crippen molar-refractivity contribution in [3.05, 3.63) is 24.3 Å². The number of hydrogen-bond acceptors (Lipinski definition) is 3. The zero-order valence-corrected chi connectivity index (χ0v) is 9.74. The average Bonchev–Trinajstić information content (AvgIpc) is 2.31. The summed E-state index contributed by atoms with van der Waals surface area (Å²) >= 11 is 0. The van der Waals surface area contributed by atoms with Crippen LogP contribution in [0.15, 0.2) is 18.6 Å². The Labute approximate surface area is 92.3 Å². The molecule has 0 aliphatic heterocycles. The summed E-state index contributed by atoms with van der Waals surface area (Å²) in [7, 11) is 0. The minimum Gasteiger partial charge on any atom is -0.314 e. The fourth-order valence-corrected chi connectivity index (χ4v) is 1.58. The van der Waals surface area contributed by atoms with Crippen LogP contribution in [-0.2, 0) is 6.42 Å². The van der Waals surface area contributed by atoms with Crippen LogP contribution in [0.4, 0.5) is 0 Å². The lowest BCUT2D eigenvalue weighted by Gasteiger charge is -2.15. The van der Waals surface area contributed by atoms with E-state index in [2.05, 4.69) is 29.1 Å². The highest BCUT2D eigenvalue weighted by Crippen LogP contribution is 2.03. The highest BCUT2D eigenvalue weighted by Gasteiger charge is 2.05. The van der Waals surface area contributed by atoms with Crippen molar-refractivity contribution in [2.45, 2.75) is 45.6 Å². The summed E-state index contributed by atoms with van der Waals surface area (Å²) in [6.07, 6.45) is 9.87.